The number of rotatable bonds is 5. The van der Waals surface area contributed by atoms with Gasteiger partial charge in [0.05, 0.1) is 12.5 Å². The van der Waals surface area contributed by atoms with Crippen LogP contribution in [-0.2, 0) is 20.9 Å². The van der Waals surface area contributed by atoms with Crippen molar-refractivity contribution in [3.8, 4) is 0 Å². The third-order valence-electron chi connectivity index (χ3n) is 5.32. The van der Waals surface area contributed by atoms with Crippen molar-refractivity contribution < 1.29 is 14.3 Å². The van der Waals surface area contributed by atoms with Crippen LogP contribution in [0.3, 0.4) is 0 Å². The number of ether oxygens (including phenoxy) is 1. The summed E-state index contributed by atoms with van der Waals surface area (Å²) >= 11 is 0. The molecule has 1 unspecified atom stereocenters. The van der Waals surface area contributed by atoms with E-state index < -0.39 is 0 Å². The molecule has 3 rings (SSSR count). The van der Waals surface area contributed by atoms with Gasteiger partial charge in [0, 0.05) is 45.3 Å². The summed E-state index contributed by atoms with van der Waals surface area (Å²) in [5, 5.41) is 3.39. The number of hydrogen-bond donors (Lipinski definition) is 1. The highest BCUT2D eigenvalue weighted by Crippen LogP contribution is 2.22. The first-order valence-electron chi connectivity index (χ1n) is 10.1. The largest absolute Gasteiger partial charge is 0.466 e. The van der Waals surface area contributed by atoms with E-state index in [0.717, 1.165) is 49.6 Å². The van der Waals surface area contributed by atoms with Gasteiger partial charge >= 0.3 is 5.97 Å². The molecule has 1 aromatic carbocycles. The second-order valence-corrected chi connectivity index (χ2v) is 7.25. The zero-order valence-corrected chi connectivity index (χ0v) is 16.8. The number of nitrogens with one attached hydrogen (secondary N) is 1. The van der Waals surface area contributed by atoms with E-state index in [4.69, 9.17) is 4.74 Å². The van der Waals surface area contributed by atoms with Gasteiger partial charge in [0.1, 0.15) is 0 Å². The van der Waals surface area contributed by atoms with Crippen LogP contribution in [0.5, 0.6) is 0 Å². The molecule has 0 spiro atoms. The second-order valence-electron chi connectivity index (χ2n) is 7.25. The lowest BCUT2D eigenvalue weighted by molar-refractivity contribution is -0.149. The number of benzene rings is 1. The number of carbonyl (C=O) groups excluding carboxylic acids is 2. The summed E-state index contributed by atoms with van der Waals surface area (Å²) in [4.78, 5) is 32.3. The van der Waals surface area contributed by atoms with Crippen LogP contribution in [-0.4, -0.2) is 56.0 Å². The first-order valence-corrected chi connectivity index (χ1v) is 10.1. The van der Waals surface area contributed by atoms with Gasteiger partial charge in [0.15, 0.2) is 5.96 Å². The Morgan fingerprint density at radius 2 is 2.04 bits per heavy atom. The standard InChI is InChI=1S/C21H30N4O3/c1-3-28-20(27)17-6-4-12-24(15-17)21(22-2)23-14-16-8-10-18(11-9-16)25-13-5-7-19(25)26/h8-11,17H,3-7,12-15H2,1-2H3,(H,22,23). The van der Waals surface area contributed by atoms with E-state index in [-0.39, 0.29) is 17.8 Å². The molecule has 0 aliphatic carbocycles. The van der Waals surface area contributed by atoms with E-state index in [9.17, 15) is 9.59 Å². The number of nitrogens with zero attached hydrogens (tertiary/aromatic N) is 3. The summed E-state index contributed by atoms with van der Waals surface area (Å²) < 4.78 is 5.18. The molecule has 7 heteroatoms. The predicted octanol–water partition coefficient (Wildman–Crippen LogP) is 2.16. The molecule has 0 radical (unpaired) electrons. The van der Waals surface area contributed by atoms with Crippen LogP contribution in [0.1, 0.15) is 38.2 Å². The van der Waals surface area contributed by atoms with E-state index in [1.807, 2.05) is 36.1 Å². The molecule has 1 aromatic rings. The van der Waals surface area contributed by atoms with Gasteiger partial charge in [-0.25, -0.2) is 0 Å². The minimum absolute atomic E-state index is 0.0930. The normalized spacial score (nSPS) is 20.4. The topological polar surface area (TPSA) is 74.2 Å². The highest BCUT2D eigenvalue weighted by molar-refractivity contribution is 5.95. The molecule has 0 saturated carbocycles. The summed E-state index contributed by atoms with van der Waals surface area (Å²) in [6, 6.07) is 8.08. The molecule has 2 saturated heterocycles. The monoisotopic (exact) mass is 386 g/mol. The van der Waals surface area contributed by atoms with E-state index in [1.165, 1.54) is 0 Å². The first kappa shape index (κ1) is 20.2. The van der Waals surface area contributed by atoms with Gasteiger partial charge in [0.2, 0.25) is 5.91 Å². The van der Waals surface area contributed by atoms with Crippen LogP contribution in [0.2, 0.25) is 0 Å². The smallest absolute Gasteiger partial charge is 0.310 e. The van der Waals surface area contributed by atoms with Crippen molar-refractivity contribution in [3.05, 3.63) is 29.8 Å². The molecule has 1 atom stereocenters. The van der Waals surface area contributed by atoms with Gasteiger partial charge in [-0.15, -0.1) is 0 Å². The Balaban J connectivity index is 1.55. The summed E-state index contributed by atoms with van der Waals surface area (Å²) in [7, 11) is 1.76. The molecular weight excluding hydrogens is 356 g/mol. The first-order chi connectivity index (χ1) is 13.6. The third-order valence-corrected chi connectivity index (χ3v) is 5.32. The molecule has 28 heavy (non-hydrogen) atoms. The third kappa shape index (κ3) is 4.82. The van der Waals surface area contributed by atoms with Gasteiger partial charge in [-0.3, -0.25) is 14.6 Å². The zero-order chi connectivity index (χ0) is 19.9. The Morgan fingerprint density at radius 3 is 2.68 bits per heavy atom. The number of carbonyl (C=O) groups is 2. The molecule has 2 aliphatic heterocycles. The Bertz CT molecular complexity index is 717. The number of esters is 1. The molecule has 2 aliphatic rings. The van der Waals surface area contributed by atoms with Crippen molar-refractivity contribution >= 4 is 23.5 Å². The maximum atomic E-state index is 12.1. The summed E-state index contributed by atoms with van der Waals surface area (Å²) in [6.45, 7) is 5.21. The second kappa shape index (κ2) is 9.57. The molecule has 152 valence electrons. The van der Waals surface area contributed by atoms with E-state index >= 15 is 0 Å². The molecule has 7 nitrogen and oxygen atoms in total. The fraction of sp³-hybridized carbons (Fsp3) is 0.571. The lowest BCUT2D eigenvalue weighted by atomic mass is 9.98. The molecule has 0 bridgehead atoms. The van der Waals surface area contributed by atoms with Gasteiger partial charge in [-0.1, -0.05) is 12.1 Å². The quantitative estimate of drug-likeness (QED) is 0.477. The molecule has 1 N–H and O–H groups in total. The maximum absolute atomic E-state index is 12.1. The number of anilines is 1. The van der Waals surface area contributed by atoms with Gasteiger partial charge in [0.25, 0.3) is 0 Å². The number of amides is 1. The predicted molar refractivity (Wildman–Crippen MR) is 109 cm³/mol. The molecule has 0 aromatic heterocycles. The summed E-state index contributed by atoms with van der Waals surface area (Å²) in [5.41, 5.74) is 2.08. The maximum Gasteiger partial charge on any atom is 0.310 e. The fourth-order valence-electron chi connectivity index (χ4n) is 3.85. The van der Waals surface area contributed by atoms with Crippen molar-refractivity contribution in [1.82, 2.24) is 10.2 Å². The highest BCUT2D eigenvalue weighted by atomic mass is 16.5. The van der Waals surface area contributed by atoms with Crippen molar-refractivity contribution in [2.75, 3.05) is 38.2 Å². The average Bonchev–Trinajstić information content (AvgIpc) is 3.15. The highest BCUT2D eigenvalue weighted by Gasteiger charge is 2.28. The molecule has 1 amide bonds. The zero-order valence-electron chi connectivity index (χ0n) is 16.8. The van der Waals surface area contributed by atoms with Gasteiger partial charge in [-0.05, 0) is 43.9 Å². The van der Waals surface area contributed by atoms with E-state index in [1.54, 1.807) is 7.05 Å². The van der Waals surface area contributed by atoms with Crippen LogP contribution in [0.25, 0.3) is 0 Å². The Hall–Kier alpha value is -2.57. The minimum Gasteiger partial charge on any atom is -0.466 e. The number of hydrogen-bond acceptors (Lipinski definition) is 4. The molecular formula is C21H30N4O3. The Kier molecular flexibility index (Phi) is 6.90. The Labute approximate surface area is 166 Å². The van der Waals surface area contributed by atoms with Crippen molar-refractivity contribution in [2.45, 2.75) is 39.2 Å². The average molecular weight is 386 g/mol. The number of aliphatic imine (C=N–C) groups is 1. The van der Waals surface area contributed by atoms with Crippen LogP contribution in [0.4, 0.5) is 5.69 Å². The summed E-state index contributed by atoms with van der Waals surface area (Å²) in [6.07, 6.45) is 3.38. The Morgan fingerprint density at radius 1 is 1.25 bits per heavy atom. The van der Waals surface area contributed by atoms with Crippen LogP contribution < -0.4 is 10.2 Å². The minimum atomic E-state index is -0.116. The van der Waals surface area contributed by atoms with Crippen molar-refractivity contribution in [3.63, 3.8) is 0 Å². The van der Waals surface area contributed by atoms with Crippen molar-refractivity contribution in [1.29, 1.82) is 0 Å². The molecule has 2 fully saturated rings. The number of piperidine rings is 1. The SMILES string of the molecule is CCOC(=O)C1CCCN(C(=NC)NCc2ccc(N3CCCC3=O)cc2)C1. The summed E-state index contributed by atoms with van der Waals surface area (Å²) in [5.74, 6) is 0.791. The van der Waals surface area contributed by atoms with E-state index in [2.05, 4.69) is 15.2 Å². The van der Waals surface area contributed by atoms with Crippen molar-refractivity contribution in [2.24, 2.45) is 10.9 Å². The number of guanidine groups is 1. The van der Waals surface area contributed by atoms with Crippen LogP contribution in [0.15, 0.2) is 29.3 Å². The number of likely N-dealkylation sites (tertiary alicyclic amines) is 1. The van der Waals surface area contributed by atoms with E-state index in [0.29, 0.717) is 26.1 Å². The van der Waals surface area contributed by atoms with Crippen LogP contribution in [0, 0.1) is 5.92 Å². The lowest BCUT2D eigenvalue weighted by Gasteiger charge is -2.34. The van der Waals surface area contributed by atoms with Crippen LogP contribution >= 0.6 is 0 Å². The lowest BCUT2D eigenvalue weighted by Crippen LogP contribution is -2.48. The van der Waals surface area contributed by atoms with Gasteiger partial charge < -0.3 is 19.9 Å². The molecule has 2 heterocycles. The van der Waals surface area contributed by atoms with Gasteiger partial charge in [-0.2, -0.15) is 0 Å². The fourth-order valence-corrected chi connectivity index (χ4v) is 3.85.